The van der Waals surface area contributed by atoms with E-state index in [0.29, 0.717) is 5.16 Å². The predicted molar refractivity (Wildman–Crippen MR) is 48.0 cm³/mol. The number of rotatable bonds is 3. The summed E-state index contributed by atoms with van der Waals surface area (Å²) in [4.78, 5) is 0. The fourth-order valence-corrected chi connectivity index (χ4v) is 1.15. The normalized spacial score (nSPS) is 12.6. The van der Waals surface area contributed by atoms with Gasteiger partial charge in [0.15, 0.2) is 0 Å². The van der Waals surface area contributed by atoms with Crippen molar-refractivity contribution in [2.24, 2.45) is 0 Å². The summed E-state index contributed by atoms with van der Waals surface area (Å²) in [5.41, 5.74) is 0. The van der Waals surface area contributed by atoms with Crippen molar-refractivity contribution in [3.05, 3.63) is 0 Å². The van der Waals surface area contributed by atoms with Crippen molar-refractivity contribution in [2.45, 2.75) is 31.7 Å². The quantitative estimate of drug-likeness (QED) is 0.419. The molecule has 0 spiro atoms. The van der Waals surface area contributed by atoms with E-state index in [-0.39, 0.29) is 7.92 Å². The van der Waals surface area contributed by atoms with E-state index in [2.05, 4.69) is 27.2 Å². The van der Waals surface area contributed by atoms with Gasteiger partial charge >= 0.3 is 0 Å². The maximum Gasteiger partial charge on any atom is 0.0653 e. The van der Waals surface area contributed by atoms with Crippen LogP contribution in [0.2, 0.25) is 6.32 Å². The van der Waals surface area contributed by atoms with E-state index >= 15 is 0 Å². The maximum absolute atomic E-state index is 5.46. The third kappa shape index (κ3) is 3.25. The molecule has 0 saturated heterocycles. The van der Waals surface area contributed by atoms with Gasteiger partial charge in [0.25, 0.3) is 0 Å². The second-order valence-corrected chi connectivity index (χ2v) is 6.25. The van der Waals surface area contributed by atoms with Crippen LogP contribution >= 0.6 is 7.92 Å². The smallest absolute Gasteiger partial charge is 0.0653 e. The lowest BCUT2D eigenvalue weighted by atomic mass is 9.95. The first-order valence-electron chi connectivity index (χ1n) is 3.38. The minimum Gasteiger partial charge on any atom is -0.107 e. The van der Waals surface area contributed by atoms with Gasteiger partial charge in [-0.05, 0) is 18.5 Å². The predicted octanol–water partition coefficient (Wildman–Crippen LogP) is 2.48. The average Bonchev–Trinajstić information content (AvgIpc) is 1.65. The van der Waals surface area contributed by atoms with Gasteiger partial charge in [-0.25, -0.2) is 0 Å². The zero-order valence-corrected chi connectivity index (χ0v) is 7.83. The average molecular weight is 142 g/mol. The first-order chi connectivity index (χ1) is 4.00. The number of hydrogen-bond acceptors (Lipinski definition) is 0. The standard InChI is InChI=1S/C7H16BP/c1-7(2,5-6-8)9(3)4/h5-6H2,1-4H3. The zero-order valence-electron chi connectivity index (χ0n) is 6.94. The second kappa shape index (κ2) is 3.61. The van der Waals surface area contributed by atoms with Crippen LogP contribution in [-0.2, 0) is 0 Å². The van der Waals surface area contributed by atoms with E-state index in [1.54, 1.807) is 0 Å². The fourth-order valence-electron chi connectivity index (χ4n) is 0.577. The molecule has 0 aliphatic carbocycles. The Balaban J connectivity index is 3.70. The van der Waals surface area contributed by atoms with Gasteiger partial charge in [-0.15, -0.1) is 7.92 Å². The van der Waals surface area contributed by atoms with Crippen LogP contribution in [-0.4, -0.2) is 26.3 Å². The molecule has 0 rings (SSSR count). The van der Waals surface area contributed by atoms with Crippen LogP contribution in [0.1, 0.15) is 20.3 Å². The molecular weight excluding hydrogens is 126 g/mol. The molecule has 0 aromatic rings. The summed E-state index contributed by atoms with van der Waals surface area (Å²) in [5.74, 6) is 0. The molecule has 0 nitrogen and oxygen atoms in total. The summed E-state index contributed by atoms with van der Waals surface area (Å²) >= 11 is 0. The molecular formula is C7H16BP. The second-order valence-electron chi connectivity index (χ2n) is 3.25. The van der Waals surface area contributed by atoms with Crippen LogP contribution in [0.5, 0.6) is 0 Å². The lowest BCUT2D eigenvalue weighted by Crippen LogP contribution is -2.15. The molecule has 0 aliphatic rings. The van der Waals surface area contributed by atoms with Crippen LogP contribution in [0.4, 0.5) is 0 Å². The molecule has 0 fully saturated rings. The molecule has 0 heterocycles. The summed E-state index contributed by atoms with van der Waals surface area (Å²) in [6.45, 7) is 9.22. The SMILES string of the molecule is [B]CCC(C)(C)P(C)C. The van der Waals surface area contributed by atoms with E-state index in [1.165, 1.54) is 0 Å². The highest BCUT2D eigenvalue weighted by molar-refractivity contribution is 7.57. The van der Waals surface area contributed by atoms with Crippen molar-refractivity contribution in [1.29, 1.82) is 0 Å². The lowest BCUT2D eigenvalue weighted by molar-refractivity contribution is 0.672. The minimum atomic E-state index is 0.170. The van der Waals surface area contributed by atoms with E-state index in [0.717, 1.165) is 12.7 Å². The van der Waals surface area contributed by atoms with Gasteiger partial charge in [0, 0.05) is 0 Å². The molecule has 2 heteroatoms. The number of hydrogen-bond donors (Lipinski definition) is 0. The Kier molecular flexibility index (Phi) is 3.81. The Bertz CT molecular complexity index is 79.0. The first kappa shape index (κ1) is 9.49. The molecule has 9 heavy (non-hydrogen) atoms. The monoisotopic (exact) mass is 142 g/mol. The Morgan fingerprint density at radius 3 is 1.89 bits per heavy atom. The molecule has 0 aliphatic heterocycles. The molecule has 0 aromatic heterocycles. The van der Waals surface area contributed by atoms with E-state index < -0.39 is 0 Å². The summed E-state index contributed by atoms with van der Waals surface area (Å²) in [5, 5.41) is 0.490. The summed E-state index contributed by atoms with van der Waals surface area (Å²) < 4.78 is 0. The maximum atomic E-state index is 5.46. The molecule has 0 bridgehead atoms. The third-order valence-corrected chi connectivity index (χ3v) is 4.61. The van der Waals surface area contributed by atoms with Crippen LogP contribution in [0.25, 0.3) is 0 Å². The lowest BCUT2D eigenvalue weighted by Gasteiger charge is -2.29. The third-order valence-electron chi connectivity index (χ3n) is 1.97. The zero-order chi connectivity index (χ0) is 7.49. The highest BCUT2D eigenvalue weighted by atomic mass is 31.1. The summed E-state index contributed by atoms with van der Waals surface area (Å²) in [7, 11) is 5.63. The Hall–Kier alpha value is 0.495. The largest absolute Gasteiger partial charge is 0.107 e. The van der Waals surface area contributed by atoms with Crippen LogP contribution in [0, 0.1) is 0 Å². The van der Waals surface area contributed by atoms with Gasteiger partial charge in [-0.1, -0.05) is 26.6 Å². The molecule has 0 amide bonds. The van der Waals surface area contributed by atoms with Crippen molar-refractivity contribution < 1.29 is 0 Å². The molecule has 0 N–H and O–H groups in total. The first-order valence-corrected chi connectivity index (χ1v) is 5.62. The van der Waals surface area contributed by atoms with Crippen molar-refractivity contribution in [3.8, 4) is 0 Å². The van der Waals surface area contributed by atoms with Gasteiger partial charge in [0.2, 0.25) is 0 Å². The van der Waals surface area contributed by atoms with E-state index in [1.807, 2.05) is 0 Å². The Morgan fingerprint density at radius 2 is 1.78 bits per heavy atom. The van der Waals surface area contributed by atoms with Crippen LogP contribution in [0.15, 0.2) is 0 Å². The molecule has 0 atom stereocenters. The molecule has 52 valence electrons. The van der Waals surface area contributed by atoms with Gasteiger partial charge < -0.3 is 0 Å². The van der Waals surface area contributed by atoms with Crippen LogP contribution < -0.4 is 0 Å². The van der Waals surface area contributed by atoms with Gasteiger partial charge in [0.1, 0.15) is 0 Å². The van der Waals surface area contributed by atoms with Crippen LogP contribution in [0.3, 0.4) is 0 Å². The minimum absolute atomic E-state index is 0.170. The topological polar surface area (TPSA) is 0 Å². The summed E-state index contributed by atoms with van der Waals surface area (Å²) in [6, 6.07) is 0. The van der Waals surface area contributed by atoms with Gasteiger partial charge in [0.05, 0.1) is 7.85 Å². The summed E-state index contributed by atoms with van der Waals surface area (Å²) in [6.07, 6.45) is 1.99. The van der Waals surface area contributed by atoms with Crippen molar-refractivity contribution in [2.75, 3.05) is 13.3 Å². The Morgan fingerprint density at radius 1 is 1.33 bits per heavy atom. The van der Waals surface area contributed by atoms with Gasteiger partial charge in [-0.2, -0.15) is 0 Å². The van der Waals surface area contributed by atoms with Crippen molar-refractivity contribution >= 4 is 15.8 Å². The Labute approximate surface area is 61.6 Å². The van der Waals surface area contributed by atoms with E-state index in [9.17, 15) is 0 Å². The highest BCUT2D eigenvalue weighted by Gasteiger charge is 2.19. The van der Waals surface area contributed by atoms with E-state index in [4.69, 9.17) is 7.85 Å². The molecule has 0 saturated carbocycles. The van der Waals surface area contributed by atoms with Crippen molar-refractivity contribution in [3.63, 3.8) is 0 Å². The fraction of sp³-hybridized carbons (Fsp3) is 1.00. The molecule has 2 radical (unpaired) electrons. The van der Waals surface area contributed by atoms with Gasteiger partial charge in [-0.3, -0.25) is 0 Å². The highest BCUT2D eigenvalue weighted by Crippen LogP contribution is 2.45. The molecule has 0 aromatic carbocycles. The molecule has 0 unspecified atom stereocenters. The van der Waals surface area contributed by atoms with Crippen molar-refractivity contribution in [1.82, 2.24) is 0 Å².